The second-order valence-electron chi connectivity index (χ2n) is 7.61. The number of amides is 1. The van der Waals surface area contributed by atoms with Gasteiger partial charge in [-0.15, -0.1) is 11.3 Å². The molecule has 0 saturated carbocycles. The van der Waals surface area contributed by atoms with Crippen molar-refractivity contribution in [2.45, 2.75) is 20.3 Å². The van der Waals surface area contributed by atoms with Gasteiger partial charge < -0.3 is 5.32 Å². The average Bonchev–Trinajstić information content (AvgIpc) is 3.33. The molecule has 4 aromatic rings. The average molecular weight is 482 g/mol. The molecule has 2 aromatic heterocycles. The highest BCUT2D eigenvalue weighted by atomic mass is 32.2. The summed E-state index contributed by atoms with van der Waals surface area (Å²) in [6.07, 6.45) is 1.30. The summed E-state index contributed by atoms with van der Waals surface area (Å²) in [4.78, 5) is 17.2. The molecule has 0 spiro atoms. The van der Waals surface area contributed by atoms with Crippen molar-refractivity contribution in [2.75, 3.05) is 16.3 Å². The van der Waals surface area contributed by atoms with Gasteiger partial charge >= 0.3 is 0 Å². The summed E-state index contributed by atoms with van der Waals surface area (Å²) < 4.78 is 27.0. The van der Waals surface area contributed by atoms with Crippen LogP contribution in [0.5, 0.6) is 0 Å². The molecule has 2 N–H and O–H groups in total. The predicted molar refractivity (Wildman–Crippen MR) is 131 cm³/mol. The van der Waals surface area contributed by atoms with Gasteiger partial charge in [0.25, 0.3) is 0 Å². The highest BCUT2D eigenvalue weighted by molar-refractivity contribution is 7.92. The number of rotatable bonds is 7. The SMILES string of the molecule is Cc1nn(-c2ccccc2)c(C)c1CC(=O)Nc1nc(-c2ccc(NS(C)(=O)=O)cc2)cs1. The minimum atomic E-state index is -3.33. The molecule has 0 atom stereocenters. The lowest BCUT2D eigenvalue weighted by Gasteiger charge is -2.06. The van der Waals surface area contributed by atoms with Gasteiger partial charge in [0.1, 0.15) is 0 Å². The van der Waals surface area contributed by atoms with Crippen LogP contribution in [0.25, 0.3) is 16.9 Å². The summed E-state index contributed by atoms with van der Waals surface area (Å²) in [6, 6.07) is 16.7. The zero-order valence-corrected chi connectivity index (χ0v) is 20.0. The van der Waals surface area contributed by atoms with Gasteiger partial charge in [0, 0.05) is 27.9 Å². The van der Waals surface area contributed by atoms with Crippen molar-refractivity contribution >= 4 is 38.1 Å². The summed E-state index contributed by atoms with van der Waals surface area (Å²) in [7, 11) is -3.33. The van der Waals surface area contributed by atoms with Crippen LogP contribution in [0.15, 0.2) is 60.0 Å². The van der Waals surface area contributed by atoms with E-state index in [1.54, 1.807) is 24.3 Å². The van der Waals surface area contributed by atoms with Gasteiger partial charge in [-0.25, -0.2) is 18.1 Å². The van der Waals surface area contributed by atoms with E-state index < -0.39 is 10.0 Å². The summed E-state index contributed by atoms with van der Waals surface area (Å²) >= 11 is 1.33. The number of carbonyl (C=O) groups excluding carboxylic acids is 1. The third-order valence-electron chi connectivity index (χ3n) is 5.01. The minimum Gasteiger partial charge on any atom is -0.302 e. The number of hydrogen-bond donors (Lipinski definition) is 2. The maximum atomic E-state index is 12.7. The van der Waals surface area contributed by atoms with E-state index in [0.717, 1.165) is 34.5 Å². The van der Waals surface area contributed by atoms with Crippen LogP contribution in [0.2, 0.25) is 0 Å². The second kappa shape index (κ2) is 9.16. The molecule has 0 aliphatic heterocycles. The molecule has 8 nitrogen and oxygen atoms in total. The van der Waals surface area contributed by atoms with E-state index in [2.05, 4.69) is 20.1 Å². The van der Waals surface area contributed by atoms with Crippen LogP contribution in [0.1, 0.15) is 17.0 Å². The number of thiazole rings is 1. The number of benzene rings is 2. The van der Waals surface area contributed by atoms with E-state index in [1.807, 2.05) is 54.2 Å². The number of nitrogens with zero attached hydrogens (tertiary/aromatic N) is 3. The summed E-state index contributed by atoms with van der Waals surface area (Å²) in [5.74, 6) is -0.164. The Labute approximate surface area is 196 Å². The standard InChI is InChI=1S/C23H23N5O3S2/c1-15-20(16(2)28(26-15)19-7-5-4-6-8-19)13-22(29)25-23-24-21(14-32-23)17-9-11-18(12-10-17)27-33(3,30)31/h4-12,14,27H,13H2,1-3H3,(H,24,25,29). The molecule has 10 heteroatoms. The first-order valence-corrected chi connectivity index (χ1v) is 12.9. The molecule has 0 fully saturated rings. The Balaban J connectivity index is 1.44. The smallest absolute Gasteiger partial charge is 0.230 e. The molecule has 0 saturated heterocycles. The van der Waals surface area contributed by atoms with E-state index >= 15 is 0 Å². The predicted octanol–water partition coefficient (Wildman–Crippen LogP) is 4.17. The number of nitrogens with one attached hydrogen (secondary N) is 2. The number of sulfonamides is 1. The van der Waals surface area contributed by atoms with Gasteiger partial charge in [-0.05, 0) is 38.1 Å². The fraction of sp³-hybridized carbons (Fsp3) is 0.174. The molecule has 170 valence electrons. The monoisotopic (exact) mass is 481 g/mol. The van der Waals surface area contributed by atoms with E-state index in [1.165, 1.54) is 11.3 Å². The molecule has 33 heavy (non-hydrogen) atoms. The highest BCUT2D eigenvalue weighted by Crippen LogP contribution is 2.27. The molecular weight excluding hydrogens is 458 g/mol. The summed E-state index contributed by atoms with van der Waals surface area (Å²) in [5, 5.41) is 9.81. The lowest BCUT2D eigenvalue weighted by Crippen LogP contribution is -2.15. The molecule has 0 aliphatic carbocycles. The first-order chi connectivity index (χ1) is 15.7. The highest BCUT2D eigenvalue weighted by Gasteiger charge is 2.17. The Hall–Kier alpha value is -3.50. The van der Waals surface area contributed by atoms with Gasteiger partial charge in [-0.1, -0.05) is 30.3 Å². The third kappa shape index (κ3) is 5.47. The number of anilines is 2. The second-order valence-corrected chi connectivity index (χ2v) is 10.2. The van der Waals surface area contributed by atoms with Crippen LogP contribution >= 0.6 is 11.3 Å². The Bertz CT molecular complexity index is 1390. The molecule has 2 heterocycles. The molecule has 4 rings (SSSR count). The van der Waals surface area contributed by atoms with E-state index in [0.29, 0.717) is 16.5 Å². The molecule has 0 radical (unpaired) electrons. The zero-order valence-electron chi connectivity index (χ0n) is 18.4. The van der Waals surface area contributed by atoms with Crippen LogP contribution in [-0.2, 0) is 21.2 Å². The van der Waals surface area contributed by atoms with E-state index in [9.17, 15) is 13.2 Å². The number of aromatic nitrogens is 3. The van der Waals surface area contributed by atoms with Gasteiger partial charge in [0.15, 0.2) is 5.13 Å². The van der Waals surface area contributed by atoms with Gasteiger partial charge in [0.2, 0.25) is 15.9 Å². The van der Waals surface area contributed by atoms with Gasteiger partial charge in [-0.2, -0.15) is 5.10 Å². The Morgan fingerprint density at radius 1 is 1.06 bits per heavy atom. The molecule has 0 unspecified atom stereocenters. The summed E-state index contributed by atoms with van der Waals surface area (Å²) in [6.45, 7) is 3.86. The molecule has 1 amide bonds. The Morgan fingerprint density at radius 2 is 1.76 bits per heavy atom. The van der Waals surface area contributed by atoms with E-state index in [4.69, 9.17) is 0 Å². The molecule has 0 aliphatic rings. The van der Waals surface area contributed by atoms with Crippen molar-refractivity contribution < 1.29 is 13.2 Å². The number of para-hydroxylation sites is 1. The van der Waals surface area contributed by atoms with Crippen LogP contribution in [0, 0.1) is 13.8 Å². The van der Waals surface area contributed by atoms with Gasteiger partial charge in [-0.3, -0.25) is 9.52 Å². The number of aryl methyl sites for hydroxylation is 1. The fourth-order valence-electron chi connectivity index (χ4n) is 3.46. The maximum absolute atomic E-state index is 12.7. The van der Waals surface area contributed by atoms with Crippen LogP contribution in [0.3, 0.4) is 0 Å². The first kappa shape index (κ1) is 22.7. The molecule has 0 bridgehead atoms. The fourth-order valence-corrected chi connectivity index (χ4v) is 4.76. The normalized spacial score (nSPS) is 11.4. The van der Waals surface area contributed by atoms with Crippen molar-refractivity contribution in [1.82, 2.24) is 14.8 Å². The minimum absolute atomic E-state index is 0.164. The largest absolute Gasteiger partial charge is 0.302 e. The number of carbonyl (C=O) groups is 1. The lowest BCUT2D eigenvalue weighted by atomic mass is 10.1. The van der Waals surface area contributed by atoms with Crippen LogP contribution in [0.4, 0.5) is 10.8 Å². The molecule has 2 aromatic carbocycles. The van der Waals surface area contributed by atoms with Crippen molar-refractivity contribution in [3.63, 3.8) is 0 Å². The Morgan fingerprint density at radius 3 is 2.42 bits per heavy atom. The van der Waals surface area contributed by atoms with Crippen LogP contribution < -0.4 is 10.0 Å². The summed E-state index contributed by atoms with van der Waals surface area (Å²) in [5.41, 5.74) is 5.58. The lowest BCUT2D eigenvalue weighted by molar-refractivity contribution is -0.115. The molecular formula is C23H23N5O3S2. The number of hydrogen-bond acceptors (Lipinski definition) is 6. The zero-order chi connectivity index (χ0) is 23.6. The van der Waals surface area contributed by atoms with Crippen molar-refractivity contribution in [3.8, 4) is 16.9 Å². The maximum Gasteiger partial charge on any atom is 0.230 e. The van der Waals surface area contributed by atoms with E-state index in [-0.39, 0.29) is 12.3 Å². The van der Waals surface area contributed by atoms with Crippen molar-refractivity contribution in [2.24, 2.45) is 0 Å². The van der Waals surface area contributed by atoms with Crippen molar-refractivity contribution in [1.29, 1.82) is 0 Å². The topological polar surface area (TPSA) is 106 Å². The van der Waals surface area contributed by atoms with Crippen molar-refractivity contribution in [3.05, 3.63) is 76.9 Å². The first-order valence-electron chi connectivity index (χ1n) is 10.1. The van der Waals surface area contributed by atoms with Gasteiger partial charge in [0.05, 0.1) is 29.8 Å². The quantitative estimate of drug-likeness (QED) is 0.412. The third-order valence-corrected chi connectivity index (χ3v) is 6.38. The Kier molecular flexibility index (Phi) is 6.30. The van der Waals surface area contributed by atoms with Crippen LogP contribution in [-0.4, -0.2) is 35.3 Å².